The van der Waals surface area contributed by atoms with E-state index in [2.05, 4.69) is 12.2 Å². The molecule has 1 aliphatic rings. The molecule has 106 valence electrons. The Balaban J connectivity index is 2.64. The molecule has 3 atom stereocenters. The molecule has 0 saturated carbocycles. The van der Waals surface area contributed by atoms with E-state index in [1.54, 1.807) is 0 Å². The molecule has 1 fully saturated rings. The zero-order valence-corrected chi connectivity index (χ0v) is 12.0. The highest BCUT2D eigenvalue weighted by Gasteiger charge is 2.36. The number of aliphatic hydroxyl groups excluding tert-OH is 1. The minimum absolute atomic E-state index is 0.0352. The molecule has 0 spiro atoms. The highest BCUT2D eigenvalue weighted by molar-refractivity contribution is 5.73. The van der Waals surface area contributed by atoms with Gasteiger partial charge in [0.2, 0.25) is 0 Å². The van der Waals surface area contributed by atoms with Crippen LogP contribution < -0.4 is 5.32 Å². The van der Waals surface area contributed by atoms with Crippen LogP contribution in [0.1, 0.15) is 47.0 Å². The van der Waals surface area contributed by atoms with Crippen LogP contribution in [0.25, 0.3) is 0 Å². The number of carbonyl (C=O) groups is 1. The van der Waals surface area contributed by atoms with E-state index in [0.717, 1.165) is 19.4 Å². The van der Waals surface area contributed by atoms with Crippen molar-refractivity contribution in [2.24, 2.45) is 11.8 Å². The summed E-state index contributed by atoms with van der Waals surface area (Å²) in [5.74, 6) is 0.223. The molecule has 0 bridgehead atoms. The van der Waals surface area contributed by atoms with Crippen molar-refractivity contribution in [1.29, 1.82) is 0 Å². The van der Waals surface area contributed by atoms with Crippen LogP contribution in [0.2, 0.25) is 0 Å². The van der Waals surface area contributed by atoms with Gasteiger partial charge in [0.15, 0.2) is 0 Å². The molecule has 0 amide bonds. The Morgan fingerprint density at radius 1 is 1.44 bits per heavy atom. The second kappa shape index (κ2) is 6.53. The molecule has 4 nitrogen and oxygen atoms in total. The predicted octanol–water partition coefficient (Wildman–Crippen LogP) is 1.71. The van der Waals surface area contributed by atoms with Gasteiger partial charge in [-0.2, -0.15) is 0 Å². The number of hydrogen-bond donors (Lipinski definition) is 2. The van der Waals surface area contributed by atoms with Crippen LogP contribution >= 0.6 is 0 Å². The molecule has 2 N–H and O–H groups in total. The van der Waals surface area contributed by atoms with Crippen LogP contribution in [0.5, 0.6) is 0 Å². The molecule has 0 aromatic rings. The maximum absolute atomic E-state index is 12.2. The quantitative estimate of drug-likeness (QED) is 0.753. The molecule has 1 rings (SSSR count). The highest BCUT2D eigenvalue weighted by Crippen LogP contribution is 2.28. The SMILES string of the molecule is CCC1CNC(CCO)CC1C(=O)OC(C)(C)C. The van der Waals surface area contributed by atoms with E-state index in [1.165, 1.54) is 0 Å². The first-order chi connectivity index (χ1) is 8.37. The van der Waals surface area contributed by atoms with Gasteiger partial charge in [-0.25, -0.2) is 0 Å². The van der Waals surface area contributed by atoms with E-state index in [0.29, 0.717) is 12.3 Å². The molecule has 18 heavy (non-hydrogen) atoms. The van der Waals surface area contributed by atoms with Crippen molar-refractivity contribution in [3.05, 3.63) is 0 Å². The summed E-state index contributed by atoms with van der Waals surface area (Å²) < 4.78 is 5.51. The van der Waals surface area contributed by atoms with Gasteiger partial charge in [-0.1, -0.05) is 13.3 Å². The summed E-state index contributed by atoms with van der Waals surface area (Å²) in [5, 5.41) is 12.4. The van der Waals surface area contributed by atoms with Crippen LogP contribution in [-0.2, 0) is 9.53 Å². The number of aliphatic hydroxyl groups is 1. The number of piperidine rings is 1. The van der Waals surface area contributed by atoms with Gasteiger partial charge in [-0.15, -0.1) is 0 Å². The van der Waals surface area contributed by atoms with Gasteiger partial charge in [0, 0.05) is 12.6 Å². The molecule has 0 aromatic carbocycles. The molecule has 1 heterocycles. The summed E-state index contributed by atoms with van der Waals surface area (Å²) in [6.45, 7) is 8.81. The summed E-state index contributed by atoms with van der Waals surface area (Å²) in [5.41, 5.74) is -0.424. The number of esters is 1. The first-order valence-corrected chi connectivity index (χ1v) is 6.94. The fourth-order valence-corrected chi connectivity index (χ4v) is 2.51. The van der Waals surface area contributed by atoms with Gasteiger partial charge in [0.25, 0.3) is 0 Å². The van der Waals surface area contributed by atoms with Crippen LogP contribution in [0.15, 0.2) is 0 Å². The molecule has 3 unspecified atom stereocenters. The standard InChI is InChI=1S/C14H27NO3/c1-5-10-9-15-11(6-7-16)8-12(10)13(17)18-14(2,3)4/h10-12,15-16H,5-9H2,1-4H3. The number of rotatable bonds is 4. The zero-order valence-electron chi connectivity index (χ0n) is 12.0. The molecule has 4 heteroatoms. The Morgan fingerprint density at radius 3 is 2.61 bits per heavy atom. The minimum atomic E-state index is -0.424. The van der Waals surface area contributed by atoms with Crippen molar-refractivity contribution < 1.29 is 14.6 Å². The zero-order chi connectivity index (χ0) is 13.8. The smallest absolute Gasteiger partial charge is 0.309 e. The van der Waals surface area contributed by atoms with Gasteiger partial charge in [-0.05, 0) is 46.1 Å². The van der Waals surface area contributed by atoms with Gasteiger partial charge in [-0.3, -0.25) is 4.79 Å². The number of carbonyl (C=O) groups excluding carboxylic acids is 1. The Kier molecular flexibility index (Phi) is 5.60. The minimum Gasteiger partial charge on any atom is -0.460 e. The second-order valence-electron chi connectivity index (χ2n) is 6.16. The lowest BCUT2D eigenvalue weighted by molar-refractivity contribution is -0.163. The van der Waals surface area contributed by atoms with Crippen LogP contribution in [0.3, 0.4) is 0 Å². The lowest BCUT2D eigenvalue weighted by Gasteiger charge is -2.36. The Morgan fingerprint density at radius 2 is 2.11 bits per heavy atom. The van der Waals surface area contributed by atoms with E-state index in [4.69, 9.17) is 9.84 Å². The largest absolute Gasteiger partial charge is 0.460 e. The van der Waals surface area contributed by atoms with Crippen molar-refractivity contribution in [3.8, 4) is 0 Å². The monoisotopic (exact) mass is 257 g/mol. The van der Waals surface area contributed by atoms with E-state index in [9.17, 15) is 4.79 Å². The lowest BCUT2D eigenvalue weighted by Crippen LogP contribution is -2.48. The Labute approximate surface area is 110 Å². The van der Waals surface area contributed by atoms with Crippen LogP contribution in [-0.4, -0.2) is 35.9 Å². The molecular weight excluding hydrogens is 230 g/mol. The van der Waals surface area contributed by atoms with E-state index in [1.807, 2.05) is 20.8 Å². The molecular formula is C14H27NO3. The number of hydrogen-bond acceptors (Lipinski definition) is 4. The molecule has 1 aliphatic heterocycles. The normalized spacial score (nSPS) is 29.1. The van der Waals surface area contributed by atoms with E-state index >= 15 is 0 Å². The highest BCUT2D eigenvalue weighted by atomic mass is 16.6. The van der Waals surface area contributed by atoms with Gasteiger partial charge in [0.1, 0.15) is 5.60 Å². The molecule has 1 saturated heterocycles. The second-order valence-corrected chi connectivity index (χ2v) is 6.16. The molecule has 0 radical (unpaired) electrons. The van der Waals surface area contributed by atoms with Gasteiger partial charge in [0.05, 0.1) is 5.92 Å². The van der Waals surface area contributed by atoms with E-state index in [-0.39, 0.29) is 24.5 Å². The summed E-state index contributed by atoms with van der Waals surface area (Å²) >= 11 is 0. The van der Waals surface area contributed by atoms with Crippen molar-refractivity contribution in [2.75, 3.05) is 13.2 Å². The van der Waals surface area contributed by atoms with E-state index < -0.39 is 5.60 Å². The average Bonchev–Trinajstić information content (AvgIpc) is 2.27. The Hall–Kier alpha value is -0.610. The van der Waals surface area contributed by atoms with Gasteiger partial charge >= 0.3 is 5.97 Å². The van der Waals surface area contributed by atoms with Crippen molar-refractivity contribution in [3.63, 3.8) is 0 Å². The van der Waals surface area contributed by atoms with Crippen molar-refractivity contribution in [2.45, 2.75) is 58.6 Å². The fourth-order valence-electron chi connectivity index (χ4n) is 2.51. The maximum atomic E-state index is 12.2. The number of ether oxygens (including phenoxy) is 1. The summed E-state index contributed by atoms with van der Waals surface area (Å²) in [4.78, 5) is 12.2. The fraction of sp³-hybridized carbons (Fsp3) is 0.929. The maximum Gasteiger partial charge on any atom is 0.309 e. The first-order valence-electron chi connectivity index (χ1n) is 6.94. The van der Waals surface area contributed by atoms with Crippen molar-refractivity contribution in [1.82, 2.24) is 5.32 Å². The van der Waals surface area contributed by atoms with Crippen molar-refractivity contribution >= 4 is 5.97 Å². The number of nitrogens with one attached hydrogen (secondary N) is 1. The lowest BCUT2D eigenvalue weighted by atomic mass is 9.80. The molecule has 0 aliphatic carbocycles. The predicted molar refractivity (Wildman–Crippen MR) is 71.2 cm³/mol. The summed E-state index contributed by atoms with van der Waals surface area (Å²) in [7, 11) is 0. The summed E-state index contributed by atoms with van der Waals surface area (Å²) in [6, 6.07) is 0.232. The van der Waals surface area contributed by atoms with Crippen LogP contribution in [0, 0.1) is 11.8 Å². The third kappa shape index (κ3) is 4.58. The summed E-state index contributed by atoms with van der Waals surface area (Å²) in [6.07, 6.45) is 2.45. The van der Waals surface area contributed by atoms with Crippen LogP contribution in [0.4, 0.5) is 0 Å². The third-order valence-corrected chi connectivity index (χ3v) is 3.49. The first kappa shape index (κ1) is 15.4. The Bertz CT molecular complexity index is 273. The topological polar surface area (TPSA) is 58.6 Å². The molecule has 0 aromatic heterocycles. The average molecular weight is 257 g/mol. The third-order valence-electron chi connectivity index (χ3n) is 3.49. The van der Waals surface area contributed by atoms with Gasteiger partial charge < -0.3 is 15.2 Å².